The molecular formula is C11H11N3. The highest BCUT2D eigenvalue weighted by Gasteiger charge is 2.00. The molecule has 0 saturated carbocycles. The Morgan fingerprint density at radius 2 is 1.71 bits per heavy atom. The van der Waals surface area contributed by atoms with Crippen LogP contribution in [0.3, 0.4) is 0 Å². The Kier molecular flexibility index (Phi) is 2.32. The van der Waals surface area contributed by atoms with Crippen molar-refractivity contribution in [3.8, 4) is 0 Å². The fourth-order valence-corrected chi connectivity index (χ4v) is 1.17. The number of anilines is 2. The molecule has 0 aromatic carbocycles. The van der Waals surface area contributed by atoms with E-state index in [9.17, 15) is 0 Å². The summed E-state index contributed by atoms with van der Waals surface area (Å²) in [5.74, 6) is 0.857. The molecule has 2 heterocycles. The van der Waals surface area contributed by atoms with Crippen LogP contribution in [0.4, 0.5) is 11.5 Å². The molecular weight excluding hydrogens is 174 g/mol. The van der Waals surface area contributed by atoms with Gasteiger partial charge in [0.2, 0.25) is 0 Å². The highest BCUT2D eigenvalue weighted by Crippen LogP contribution is 2.14. The fraction of sp³-hybridized carbons (Fsp3) is 0. The van der Waals surface area contributed by atoms with Crippen molar-refractivity contribution in [2.24, 2.45) is 0 Å². The molecule has 1 aliphatic heterocycles. The van der Waals surface area contributed by atoms with Crippen LogP contribution < -0.4 is 10.6 Å². The summed E-state index contributed by atoms with van der Waals surface area (Å²) in [7, 11) is 0. The molecule has 0 radical (unpaired) electrons. The van der Waals surface area contributed by atoms with E-state index in [1.807, 2.05) is 53.7 Å². The molecule has 3 nitrogen and oxygen atoms in total. The minimum Gasteiger partial charge on any atom is -0.397 e. The number of nitrogen functional groups attached to an aromatic ring is 1. The van der Waals surface area contributed by atoms with Gasteiger partial charge < -0.3 is 10.6 Å². The van der Waals surface area contributed by atoms with Crippen LogP contribution in [-0.2, 0) is 0 Å². The number of nitrogens with zero attached hydrogens (tertiary/aromatic N) is 2. The number of hydrogen-bond donors (Lipinski definition) is 1. The fourth-order valence-electron chi connectivity index (χ4n) is 1.17. The lowest BCUT2D eigenvalue weighted by atomic mass is 10.4. The number of rotatable bonds is 1. The van der Waals surface area contributed by atoms with Gasteiger partial charge in [0.05, 0.1) is 11.9 Å². The van der Waals surface area contributed by atoms with Crippen LogP contribution in [0.5, 0.6) is 0 Å². The number of aromatic nitrogens is 1. The van der Waals surface area contributed by atoms with E-state index in [0.717, 1.165) is 5.82 Å². The predicted octanol–water partition coefficient (Wildman–Crippen LogP) is 2.07. The van der Waals surface area contributed by atoms with Crippen LogP contribution in [0.25, 0.3) is 0 Å². The summed E-state index contributed by atoms with van der Waals surface area (Å²) in [5, 5.41) is 0. The van der Waals surface area contributed by atoms with Gasteiger partial charge in [-0.1, -0.05) is 12.2 Å². The Bertz CT molecular complexity index is 371. The molecule has 0 saturated heterocycles. The summed E-state index contributed by atoms with van der Waals surface area (Å²) in [6, 6.07) is 3.72. The first-order valence-electron chi connectivity index (χ1n) is 4.38. The zero-order chi connectivity index (χ0) is 9.80. The molecule has 0 atom stereocenters. The molecule has 0 amide bonds. The summed E-state index contributed by atoms with van der Waals surface area (Å²) < 4.78 is 0. The van der Waals surface area contributed by atoms with Gasteiger partial charge in [-0.2, -0.15) is 0 Å². The quantitative estimate of drug-likeness (QED) is 0.728. The Morgan fingerprint density at radius 3 is 2.29 bits per heavy atom. The molecule has 0 aliphatic carbocycles. The first-order chi connectivity index (χ1) is 6.86. The summed E-state index contributed by atoms with van der Waals surface area (Å²) in [5.41, 5.74) is 6.23. The van der Waals surface area contributed by atoms with Crippen molar-refractivity contribution >= 4 is 11.5 Å². The monoisotopic (exact) mass is 185 g/mol. The Labute approximate surface area is 82.9 Å². The number of allylic oxidation sites excluding steroid dienone is 4. The molecule has 3 heteroatoms. The van der Waals surface area contributed by atoms with Gasteiger partial charge in [-0.05, 0) is 24.3 Å². The van der Waals surface area contributed by atoms with Crippen molar-refractivity contribution in [2.75, 3.05) is 10.6 Å². The summed E-state index contributed by atoms with van der Waals surface area (Å²) in [6.45, 7) is 0. The van der Waals surface area contributed by atoms with Gasteiger partial charge in [0, 0.05) is 12.4 Å². The molecule has 1 aliphatic rings. The third-order valence-electron chi connectivity index (χ3n) is 1.86. The van der Waals surface area contributed by atoms with Crippen molar-refractivity contribution in [1.29, 1.82) is 0 Å². The molecule has 0 spiro atoms. The largest absolute Gasteiger partial charge is 0.397 e. The van der Waals surface area contributed by atoms with Crippen molar-refractivity contribution < 1.29 is 0 Å². The van der Waals surface area contributed by atoms with Gasteiger partial charge in [-0.25, -0.2) is 4.98 Å². The van der Waals surface area contributed by atoms with E-state index < -0.39 is 0 Å². The second-order valence-electron chi connectivity index (χ2n) is 2.92. The number of pyridine rings is 1. The SMILES string of the molecule is Nc1ccc(N2C=CC=CC=C2)nc1. The van der Waals surface area contributed by atoms with Crippen molar-refractivity contribution in [2.45, 2.75) is 0 Å². The van der Waals surface area contributed by atoms with Crippen molar-refractivity contribution in [3.63, 3.8) is 0 Å². The summed E-state index contributed by atoms with van der Waals surface area (Å²) in [4.78, 5) is 6.14. The topological polar surface area (TPSA) is 42.1 Å². The minimum absolute atomic E-state index is 0.676. The Hall–Kier alpha value is -2.03. The van der Waals surface area contributed by atoms with Crippen LogP contribution in [0.15, 0.2) is 55.0 Å². The van der Waals surface area contributed by atoms with Crippen molar-refractivity contribution in [3.05, 3.63) is 55.0 Å². The zero-order valence-electron chi connectivity index (χ0n) is 7.67. The van der Waals surface area contributed by atoms with Gasteiger partial charge in [0.25, 0.3) is 0 Å². The van der Waals surface area contributed by atoms with Gasteiger partial charge in [-0.3, -0.25) is 0 Å². The third-order valence-corrected chi connectivity index (χ3v) is 1.86. The molecule has 2 rings (SSSR count). The lowest BCUT2D eigenvalue weighted by Gasteiger charge is -2.13. The minimum atomic E-state index is 0.676. The molecule has 0 bridgehead atoms. The maximum atomic E-state index is 5.56. The van der Waals surface area contributed by atoms with Gasteiger partial charge in [-0.15, -0.1) is 0 Å². The lowest BCUT2D eigenvalue weighted by Crippen LogP contribution is -2.07. The van der Waals surface area contributed by atoms with Gasteiger partial charge in [0.1, 0.15) is 5.82 Å². The number of nitrogens with two attached hydrogens (primary N) is 1. The normalized spacial score (nSPS) is 14.4. The molecule has 0 fully saturated rings. The first kappa shape index (κ1) is 8.56. The number of hydrogen-bond acceptors (Lipinski definition) is 3. The average molecular weight is 185 g/mol. The average Bonchev–Trinajstić information content (AvgIpc) is 2.47. The van der Waals surface area contributed by atoms with E-state index in [0.29, 0.717) is 5.69 Å². The van der Waals surface area contributed by atoms with E-state index >= 15 is 0 Å². The lowest BCUT2D eigenvalue weighted by molar-refractivity contribution is 1.18. The highest BCUT2D eigenvalue weighted by atomic mass is 15.2. The maximum absolute atomic E-state index is 5.56. The zero-order valence-corrected chi connectivity index (χ0v) is 7.67. The molecule has 14 heavy (non-hydrogen) atoms. The molecule has 70 valence electrons. The van der Waals surface area contributed by atoms with Crippen molar-refractivity contribution in [1.82, 2.24) is 4.98 Å². The standard InChI is InChI=1S/C11H11N3/c12-10-5-6-11(13-9-10)14-7-3-1-2-4-8-14/h1-9H,12H2. The van der Waals surface area contributed by atoms with Crippen LogP contribution >= 0.6 is 0 Å². The molecule has 2 N–H and O–H groups in total. The molecule has 1 aromatic rings. The highest BCUT2D eigenvalue weighted by molar-refractivity contribution is 5.51. The van der Waals surface area contributed by atoms with Crippen LogP contribution in [-0.4, -0.2) is 4.98 Å². The summed E-state index contributed by atoms with van der Waals surface area (Å²) in [6.07, 6.45) is 13.4. The second-order valence-corrected chi connectivity index (χ2v) is 2.92. The van der Waals surface area contributed by atoms with E-state index in [-0.39, 0.29) is 0 Å². The van der Waals surface area contributed by atoms with E-state index in [4.69, 9.17) is 5.73 Å². The van der Waals surface area contributed by atoms with Crippen LogP contribution in [0, 0.1) is 0 Å². The summed E-state index contributed by atoms with van der Waals surface area (Å²) >= 11 is 0. The molecule has 0 unspecified atom stereocenters. The first-order valence-corrected chi connectivity index (χ1v) is 4.38. The smallest absolute Gasteiger partial charge is 0.136 e. The van der Waals surface area contributed by atoms with E-state index in [2.05, 4.69) is 4.98 Å². The van der Waals surface area contributed by atoms with Crippen LogP contribution in [0.2, 0.25) is 0 Å². The second kappa shape index (κ2) is 3.79. The Balaban J connectivity index is 2.27. The van der Waals surface area contributed by atoms with Gasteiger partial charge >= 0.3 is 0 Å². The predicted molar refractivity (Wildman–Crippen MR) is 58.5 cm³/mol. The maximum Gasteiger partial charge on any atom is 0.136 e. The van der Waals surface area contributed by atoms with Gasteiger partial charge in [0.15, 0.2) is 0 Å². The molecule has 1 aromatic heterocycles. The van der Waals surface area contributed by atoms with Crippen LogP contribution in [0.1, 0.15) is 0 Å². The van der Waals surface area contributed by atoms with E-state index in [1.54, 1.807) is 6.20 Å². The third kappa shape index (κ3) is 1.82. The van der Waals surface area contributed by atoms with E-state index in [1.165, 1.54) is 0 Å². The Morgan fingerprint density at radius 1 is 1.00 bits per heavy atom.